The fourth-order valence-electron chi connectivity index (χ4n) is 2.71. The van der Waals surface area contributed by atoms with Crippen LogP contribution in [0.25, 0.3) is 0 Å². The lowest BCUT2D eigenvalue weighted by atomic mass is 10.2. The molecule has 1 fully saturated rings. The predicted octanol–water partition coefficient (Wildman–Crippen LogP) is 2.44. The summed E-state index contributed by atoms with van der Waals surface area (Å²) in [6.45, 7) is 5.55. The Hall–Kier alpha value is -1.92. The van der Waals surface area contributed by atoms with E-state index in [1.54, 1.807) is 6.92 Å². The first-order valence-corrected chi connectivity index (χ1v) is 8.10. The Bertz CT molecular complexity index is 582. The van der Waals surface area contributed by atoms with Crippen molar-refractivity contribution >= 4 is 0 Å². The van der Waals surface area contributed by atoms with Crippen molar-refractivity contribution in [2.75, 3.05) is 26.3 Å². The zero-order valence-corrected chi connectivity index (χ0v) is 13.5. The maximum absolute atomic E-state index is 5.79. The molecular formula is C17H23N3O3. The van der Waals surface area contributed by atoms with Crippen molar-refractivity contribution in [3.05, 3.63) is 42.1 Å². The number of aryl methyl sites for hydroxylation is 1. The van der Waals surface area contributed by atoms with Crippen LogP contribution >= 0.6 is 0 Å². The summed E-state index contributed by atoms with van der Waals surface area (Å²) < 4.78 is 17.0. The molecule has 0 radical (unpaired) electrons. The highest BCUT2D eigenvalue weighted by atomic mass is 16.5. The minimum absolute atomic E-state index is 0.288. The van der Waals surface area contributed by atoms with Crippen LogP contribution in [0.4, 0.5) is 0 Å². The second-order valence-electron chi connectivity index (χ2n) is 5.75. The molecule has 1 saturated heterocycles. The molecule has 0 N–H and O–H groups in total. The molecule has 1 aromatic heterocycles. The molecule has 124 valence electrons. The first-order chi connectivity index (χ1) is 11.3. The maximum atomic E-state index is 5.79. The van der Waals surface area contributed by atoms with Gasteiger partial charge in [0.25, 0.3) is 0 Å². The minimum Gasteiger partial charge on any atom is -0.492 e. The van der Waals surface area contributed by atoms with Gasteiger partial charge in [-0.2, -0.15) is 0 Å². The topological polar surface area (TPSA) is 60.6 Å². The second-order valence-corrected chi connectivity index (χ2v) is 5.75. The summed E-state index contributed by atoms with van der Waals surface area (Å²) in [6.07, 6.45) is 2.54. The van der Waals surface area contributed by atoms with Crippen LogP contribution in [0.5, 0.6) is 5.75 Å². The summed E-state index contributed by atoms with van der Waals surface area (Å²) in [7, 11) is 0. The Labute approximate surface area is 136 Å². The number of benzene rings is 1. The van der Waals surface area contributed by atoms with Crippen LogP contribution in [-0.4, -0.2) is 47.5 Å². The van der Waals surface area contributed by atoms with Crippen molar-refractivity contribution in [2.24, 2.45) is 0 Å². The van der Waals surface area contributed by atoms with Gasteiger partial charge in [-0.05, 0) is 25.0 Å². The quantitative estimate of drug-likeness (QED) is 0.745. The van der Waals surface area contributed by atoms with Crippen molar-refractivity contribution < 1.29 is 13.9 Å². The van der Waals surface area contributed by atoms with Crippen molar-refractivity contribution in [1.82, 2.24) is 15.1 Å². The molecule has 2 heterocycles. The highest BCUT2D eigenvalue weighted by Gasteiger charge is 2.20. The molecule has 2 aromatic rings. The molecule has 0 spiro atoms. The van der Waals surface area contributed by atoms with Crippen LogP contribution < -0.4 is 4.74 Å². The van der Waals surface area contributed by atoms with Crippen molar-refractivity contribution in [2.45, 2.75) is 32.4 Å². The van der Waals surface area contributed by atoms with Gasteiger partial charge in [0.2, 0.25) is 11.8 Å². The lowest BCUT2D eigenvalue weighted by Crippen LogP contribution is -2.35. The van der Waals surface area contributed by atoms with Gasteiger partial charge in [0.1, 0.15) is 12.4 Å². The Kier molecular flexibility index (Phi) is 5.60. The Morgan fingerprint density at radius 2 is 2.13 bits per heavy atom. The van der Waals surface area contributed by atoms with Gasteiger partial charge in [-0.15, -0.1) is 10.2 Å². The third kappa shape index (κ3) is 5.04. The van der Waals surface area contributed by atoms with Crippen molar-refractivity contribution in [1.29, 1.82) is 0 Å². The van der Waals surface area contributed by atoms with E-state index in [4.69, 9.17) is 13.9 Å². The van der Waals surface area contributed by atoms with Crippen LogP contribution in [0.15, 0.2) is 34.7 Å². The fraction of sp³-hybridized carbons (Fsp3) is 0.529. The molecule has 1 atom stereocenters. The monoisotopic (exact) mass is 317 g/mol. The summed E-state index contributed by atoms with van der Waals surface area (Å²) >= 11 is 0. The molecule has 0 saturated carbocycles. The van der Waals surface area contributed by atoms with E-state index in [1.807, 2.05) is 30.3 Å². The van der Waals surface area contributed by atoms with Gasteiger partial charge in [0, 0.05) is 26.6 Å². The van der Waals surface area contributed by atoms with Gasteiger partial charge in [-0.25, -0.2) is 0 Å². The van der Waals surface area contributed by atoms with Crippen LogP contribution in [-0.2, 0) is 11.3 Å². The Morgan fingerprint density at radius 3 is 2.83 bits per heavy atom. The lowest BCUT2D eigenvalue weighted by Gasteiger charge is -2.23. The molecule has 3 rings (SSSR count). The molecule has 0 aliphatic carbocycles. The standard InChI is InChI=1S/C17H23N3O3/c1-14-18-19-17(23-14)13-20(12-16-8-5-10-21-16)9-11-22-15-6-3-2-4-7-15/h2-4,6-7,16H,5,8-13H2,1H3. The smallest absolute Gasteiger partial charge is 0.230 e. The summed E-state index contributed by atoms with van der Waals surface area (Å²) in [5.41, 5.74) is 0. The number of hydrogen-bond acceptors (Lipinski definition) is 6. The summed E-state index contributed by atoms with van der Waals surface area (Å²) in [6, 6.07) is 9.85. The Balaban J connectivity index is 1.53. The number of nitrogens with zero attached hydrogens (tertiary/aromatic N) is 3. The molecule has 0 bridgehead atoms. The highest BCUT2D eigenvalue weighted by molar-refractivity contribution is 5.20. The average molecular weight is 317 g/mol. The lowest BCUT2D eigenvalue weighted by molar-refractivity contribution is 0.0622. The molecule has 0 amide bonds. The summed E-state index contributed by atoms with van der Waals surface area (Å²) in [5.74, 6) is 2.12. The third-order valence-electron chi connectivity index (χ3n) is 3.83. The van der Waals surface area contributed by atoms with E-state index in [1.165, 1.54) is 0 Å². The molecular weight excluding hydrogens is 294 g/mol. The van der Waals surface area contributed by atoms with Crippen LogP contribution in [0.2, 0.25) is 0 Å². The molecule has 1 aromatic carbocycles. The maximum Gasteiger partial charge on any atom is 0.230 e. The molecule has 23 heavy (non-hydrogen) atoms. The molecule has 6 heteroatoms. The molecule has 1 aliphatic rings. The number of aromatic nitrogens is 2. The zero-order valence-electron chi connectivity index (χ0n) is 13.5. The van der Waals surface area contributed by atoms with Gasteiger partial charge in [0.15, 0.2) is 0 Å². The SMILES string of the molecule is Cc1nnc(CN(CCOc2ccccc2)CC2CCCO2)o1. The van der Waals surface area contributed by atoms with E-state index in [0.29, 0.717) is 24.9 Å². The molecule has 1 aliphatic heterocycles. The van der Waals surface area contributed by atoms with Gasteiger partial charge >= 0.3 is 0 Å². The van der Waals surface area contributed by atoms with Crippen molar-refractivity contribution in [3.63, 3.8) is 0 Å². The fourth-order valence-corrected chi connectivity index (χ4v) is 2.71. The number of ether oxygens (including phenoxy) is 2. The van der Waals surface area contributed by atoms with E-state index in [9.17, 15) is 0 Å². The van der Waals surface area contributed by atoms with E-state index < -0.39 is 0 Å². The van der Waals surface area contributed by atoms with E-state index in [-0.39, 0.29) is 6.10 Å². The van der Waals surface area contributed by atoms with Gasteiger partial charge < -0.3 is 13.9 Å². The zero-order chi connectivity index (χ0) is 15.9. The van der Waals surface area contributed by atoms with E-state index in [0.717, 1.165) is 38.3 Å². The highest BCUT2D eigenvalue weighted by Crippen LogP contribution is 2.15. The first-order valence-electron chi connectivity index (χ1n) is 8.10. The predicted molar refractivity (Wildman–Crippen MR) is 85.2 cm³/mol. The first kappa shape index (κ1) is 16.0. The van der Waals surface area contributed by atoms with Crippen LogP contribution in [0, 0.1) is 6.92 Å². The van der Waals surface area contributed by atoms with Gasteiger partial charge in [-0.1, -0.05) is 18.2 Å². The number of hydrogen-bond donors (Lipinski definition) is 0. The Morgan fingerprint density at radius 1 is 1.26 bits per heavy atom. The largest absolute Gasteiger partial charge is 0.492 e. The number of para-hydroxylation sites is 1. The third-order valence-corrected chi connectivity index (χ3v) is 3.83. The van der Waals surface area contributed by atoms with E-state index >= 15 is 0 Å². The summed E-state index contributed by atoms with van der Waals surface area (Å²) in [5, 5.41) is 7.98. The van der Waals surface area contributed by atoms with Crippen LogP contribution in [0.1, 0.15) is 24.6 Å². The second kappa shape index (κ2) is 8.08. The normalized spacial score (nSPS) is 17.7. The van der Waals surface area contributed by atoms with E-state index in [2.05, 4.69) is 15.1 Å². The van der Waals surface area contributed by atoms with Gasteiger partial charge in [-0.3, -0.25) is 4.90 Å². The minimum atomic E-state index is 0.288. The molecule has 1 unspecified atom stereocenters. The molecule has 6 nitrogen and oxygen atoms in total. The number of rotatable bonds is 8. The van der Waals surface area contributed by atoms with Crippen molar-refractivity contribution in [3.8, 4) is 5.75 Å². The van der Waals surface area contributed by atoms with Gasteiger partial charge in [0.05, 0.1) is 12.6 Å². The average Bonchev–Trinajstić information content (AvgIpc) is 3.20. The van der Waals surface area contributed by atoms with Crippen LogP contribution in [0.3, 0.4) is 0 Å². The summed E-state index contributed by atoms with van der Waals surface area (Å²) in [4.78, 5) is 2.26.